The summed E-state index contributed by atoms with van der Waals surface area (Å²) in [7, 11) is 0. The van der Waals surface area contributed by atoms with Gasteiger partial charge in [-0.2, -0.15) is 0 Å². The maximum absolute atomic E-state index is 11.8. The summed E-state index contributed by atoms with van der Waals surface area (Å²) in [5, 5.41) is 3.59. The van der Waals surface area contributed by atoms with E-state index >= 15 is 0 Å². The second-order valence-electron chi connectivity index (χ2n) is 4.11. The van der Waals surface area contributed by atoms with Crippen LogP contribution in [0.1, 0.15) is 25.5 Å². The molecule has 0 aliphatic carbocycles. The van der Waals surface area contributed by atoms with Crippen molar-refractivity contribution < 1.29 is 22.6 Å². The van der Waals surface area contributed by atoms with Gasteiger partial charge in [0.2, 0.25) is 0 Å². The predicted molar refractivity (Wildman–Crippen MR) is 71.0 cm³/mol. The van der Waals surface area contributed by atoms with E-state index in [0.717, 1.165) is 12.1 Å². The summed E-state index contributed by atoms with van der Waals surface area (Å²) in [5.41, 5.74) is 0.982. The molecule has 0 bridgehead atoms. The third-order valence-electron chi connectivity index (χ3n) is 2.57. The minimum absolute atomic E-state index is 0.139. The molecule has 3 nitrogen and oxygen atoms in total. The zero-order valence-corrected chi connectivity index (χ0v) is 12.0. The van der Waals surface area contributed by atoms with Crippen molar-refractivity contribution in [1.29, 1.82) is 0 Å². The van der Waals surface area contributed by atoms with Gasteiger partial charge >= 0.3 is 6.36 Å². The molecule has 0 radical (unpaired) electrons. The second-order valence-corrected chi connectivity index (χ2v) is 4.52. The number of hydrogen-bond donors (Lipinski definition) is 1. The van der Waals surface area contributed by atoms with E-state index in [4.69, 9.17) is 16.3 Å². The molecule has 0 aliphatic heterocycles. The lowest BCUT2D eigenvalue weighted by Crippen LogP contribution is -2.18. The highest BCUT2D eigenvalue weighted by Crippen LogP contribution is 2.28. The number of ether oxygens (including phenoxy) is 2. The Morgan fingerprint density at radius 2 is 2.00 bits per heavy atom. The lowest BCUT2D eigenvalue weighted by atomic mass is 10.1. The first-order chi connectivity index (χ1) is 9.33. The quantitative estimate of drug-likeness (QED) is 0.774. The van der Waals surface area contributed by atoms with E-state index in [2.05, 4.69) is 10.1 Å². The Hall–Kier alpha value is -0.980. The zero-order chi connectivity index (χ0) is 15.2. The van der Waals surface area contributed by atoms with E-state index < -0.39 is 13.0 Å². The highest BCUT2D eigenvalue weighted by atomic mass is 35.5. The van der Waals surface area contributed by atoms with Gasteiger partial charge in [0.1, 0.15) is 12.4 Å². The summed E-state index contributed by atoms with van der Waals surface area (Å²) in [4.78, 5) is 0. The van der Waals surface area contributed by atoms with Gasteiger partial charge in [0, 0.05) is 6.04 Å². The maximum Gasteiger partial charge on any atom is 0.522 e. The van der Waals surface area contributed by atoms with E-state index in [9.17, 15) is 13.2 Å². The van der Waals surface area contributed by atoms with Gasteiger partial charge in [-0.05, 0) is 31.2 Å². The molecule has 0 saturated carbocycles. The molecule has 1 aromatic carbocycles. The van der Waals surface area contributed by atoms with Crippen molar-refractivity contribution >= 4 is 11.6 Å². The van der Waals surface area contributed by atoms with Crippen LogP contribution in [0.4, 0.5) is 13.2 Å². The fourth-order valence-corrected chi connectivity index (χ4v) is 1.88. The van der Waals surface area contributed by atoms with Crippen LogP contribution in [0.2, 0.25) is 5.02 Å². The molecule has 1 N–H and O–H groups in total. The van der Waals surface area contributed by atoms with Crippen LogP contribution < -0.4 is 10.1 Å². The minimum Gasteiger partial charge on any atom is -0.490 e. The van der Waals surface area contributed by atoms with Gasteiger partial charge in [0.25, 0.3) is 0 Å². The maximum atomic E-state index is 11.8. The van der Waals surface area contributed by atoms with Crippen LogP contribution in [-0.2, 0) is 4.74 Å². The molecule has 1 rings (SSSR count). The standard InChI is InChI=1S/C13H17ClF3NO2/c1-3-18-9(2)10-4-5-12(11(14)8-10)19-6-7-20-13(15,16)17/h4-5,8-9,18H,3,6-7H2,1-2H3. The molecule has 1 atom stereocenters. The third-order valence-corrected chi connectivity index (χ3v) is 2.87. The summed E-state index contributed by atoms with van der Waals surface area (Å²) in [6.07, 6.45) is -4.64. The normalized spacial score (nSPS) is 13.3. The van der Waals surface area contributed by atoms with Gasteiger partial charge in [-0.15, -0.1) is 13.2 Å². The first-order valence-corrected chi connectivity index (χ1v) is 6.57. The molecular weight excluding hydrogens is 295 g/mol. The first-order valence-electron chi connectivity index (χ1n) is 6.19. The van der Waals surface area contributed by atoms with Crippen molar-refractivity contribution in [2.75, 3.05) is 19.8 Å². The molecule has 1 unspecified atom stereocenters. The highest BCUT2D eigenvalue weighted by molar-refractivity contribution is 6.32. The van der Waals surface area contributed by atoms with E-state index in [-0.39, 0.29) is 12.6 Å². The Labute approximate surface area is 121 Å². The Morgan fingerprint density at radius 1 is 1.30 bits per heavy atom. The fourth-order valence-electron chi connectivity index (χ4n) is 1.64. The number of alkyl halides is 3. The molecule has 114 valence electrons. The van der Waals surface area contributed by atoms with Gasteiger partial charge < -0.3 is 10.1 Å². The number of halogens is 4. The summed E-state index contributed by atoms with van der Waals surface area (Å²) >= 11 is 6.03. The lowest BCUT2D eigenvalue weighted by Gasteiger charge is -2.15. The average Bonchev–Trinajstić information content (AvgIpc) is 2.35. The van der Waals surface area contributed by atoms with Crippen LogP contribution in [0.25, 0.3) is 0 Å². The van der Waals surface area contributed by atoms with Crippen LogP contribution in [-0.4, -0.2) is 26.1 Å². The van der Waals surface area contributed by atoms with Crippen molar-refractivity contribution in [3.8, 4) is 5.75 Å². The fraction of sp³-hybridized carbons (Fsp3) is 0.538. The van der Waals surface area contributed by atoms with Crippen LogP contribution in [0.15, 0.2) is 18.2 Å². The summed E-state index contributed by atoms with van der Waals surface area (Å²) in [6, 6.07) is 5.33. The largest absolute Gasteiger partial charge is 0.522 e. The van der Waals surface area contributed by atoms with E-state index in [0.29, 0.717) is 10.8 Å². The molecule has 7 heteroatoms. The Morgan fingerprint density at radius 3 is 2.55 bits per heavy atom. The molecule has 0 heterocycles. The lowest BCUT2D eigenvalue weighted by molar-refractivity contribution is -0.325. The SMILES string of the molecule is CCNC(C)c1ccc(OCCOC(F)(F)F)c(Cl)c1. The van der Waals surface area contributed by atoms with Crippen LogP contribution in [0.5, 0.6) is 5.75 Å². The van der Waals surface area contributed by atoms with E-state index in [1.165, 1.54) is 0 Å². The predicted octanol–water partition coefficient (Wildman–Crippen LogP) is 3.93. The molecular formula is C13H17ClF3NO2. The van der Waals surface area contributed by atoms with Crippen LogP contribution in [0, 0.1) is 0 Å². The molecule has 0 spiro atoms. The number of hydrogen-bond acceptors (Lipinski definition) is 3. The smallest absolute Gasteiger partial charge is 0.490 e. The Kier molecular flexibility index (Phi) is 6.58. The zero-order valence-electron chi connectivity index (χ0n) is 11.3. The molecule has 1 aromatic rings. The first kappa shape index (κ1) is 17.1. The van der Waals surface area contributed by atoms with Gasteiger partial charge in [-0.3, -0.25) is 4.74 Å². The topological polar surface area (TPSA) is 30.5 Å². The second kappa shape index (κ2) is 7.71. The molecule has 0 saturated heterocycles. The van der Waals surface area contributed by atoms with Crippen LogP contribution in [0.3, 0.4) is 0 Å². The summed E-state index contributed by atoms with van der Waals surface area (Å²) in [5.74, 6) is 0.338. The van der Waals surface area contributed by atoms with Crippen LogP contribution >= 0.6 is 11.6 Å². The van der Waals surface area contributed by atoms with E-state index in [1.54, 1.807) is 12.1 Å². The van der Waals surface area contributed by atoms with Crippen molar-refractivity contribution in [3.63, 3.8) is 0 Å². The monoisotopic (exact) mass is 311 g/mol. The number of rotatable bonds is 7. The van der Waals surface area contributed by atoms with Gasteiger partial charge in [-0.1, -0.05) is 24.6 Å². The minimum atomic E-state index is -4.64. The Bertz CT molecular complexity index is 427. The summed E-state index contributed by atoms with van der Waals surface area (Å²) < 4.78 is 44.0. The number of nitrogens with one attached hydrogen (secondary N) is 1. The van der Waals surface area contributed by atoms with E-state index in [1.807, 2.05) is 19.9 Å². The average molecular weight is 312 g/mol. The van der Waals surface area contributed by atoms with Gasteiger partial charge in [0.05, 0.1) is 11.6 Å². The number of benzene rings is 1. The van der Waals surface area contributed by atoms with Crippen molar-refractivity contribution in [2.24, 2.45) is 0 Å². The van der Waals surface area contributed by atoms with Crippen molar-refractivity contribution in [1.82, 2.24) is 5.32 Å². The van der Waals surface area contributed by atoms with Gasteiger partial charge in [0.15, 0.2) is 0 Å². The van der Waals surface area contributed by atoms with Crippen molar-refractivity contribution in [2.45, 2.75) is 26.3 Å². The molecule has 0 fully saturated rings. The molecule has 0 aliphatic rings. The molecule has 0 aromatic heterocycles. The third kappa shape index (κ3) is 5.98. The summed E-state index contributed by atoms with van der Waals surface area (Å²) in [6.45, 7) is 4.02. The highest BCUT2D eigenvalue weighted by Gasteiger charge is 2.28. The molecule has 0 amide bonds. The Balaban J connectivity index is 2.52. The molecule has 20 heavy (non-hydrogen) atoms. The van der Waals surface area contributed by atoms with Crippen molar-refractivity contribution in [3.05, 3.63) is 28.8 Å². The van der Waals surface area contributed by atoms with Gasteiger partial charge in [-0.25, -0.2) is 0 Å².